The zero-order valence-electron chi connectivity index (χ0n) is 21.3. The number of hydrogen-bond donors (Lipinski definition) is 1. The first-order chi connectivity index (χ1) is 17.3. The number of carbonyl (C=O) groups excluding carboxylic acids is 1. The normalized spacial score (nSPS) is 21.8. The lowest BCUT2D eigenvalue weighted by molar-refractivity contribution is -0.111. The van der Waals surface area contributed by atoms with Crippen molar-refractivity contribution in [2.75, 3.05) is 51.3 Å². The number of nitrogens with one attached hydrogen (secondary N) is 1. The number of fused-ring (bicyclic) bond motifs is 1. The smallest absolute Gasteiger partial charge is 0.260 e. The van der Waals surface area contributed by atoms with Gasteiger partial charge in [-0.1, -0.05) is 24.3 Å². The number of benzene rings is 2. The van der Waals surface area contributed by atoms with E-state index in [1.54, 1.807) is 6.07 Å². The summed E-state index contributed by atoms with van der Waals surface area (Å²) in [6.45, 7) is 13.8. The minimum absolute atomic E-state index is 0.271. The van der Waals surface area contributed by atoms with Crippen LogP contribution < -0.4 is 5.32 Å². The van der Waals surface area contributed by atoms with Gasteiger partial charge < -0.3 is 14.8 Å². The van der Waals surface area contributed by atoms with Crippen LogP contribution in [0.1, 0.15) is 37.5 Å². The lowest BCUT2D eigenvalue weighted by atomic mass is 9.91. The minimum Gasteiger partial charge on any atom is -0.482 e. The van der Waals surface area contributed by atoms with Crippen LogP contribution in [0.25, 0.3) is 11.1 Å². The van der Waals surface area contributed by atoms with Gasteiger partial charge in [0.15, 0.2) is 0 Å². The van der Waals surface area contributed by atoms with Gasteiger partial charge in [-0.2, -0.15) is 0 Å². The summed E-state index contributed by atoms with van der Waals surface area (Å²) in [4.78, 5) is 17.6. The molecule has 1 N–H and O–H groups in total. The molecule has 0 atom stereocenters. The van der Waals surface area contributed by atoms with Crippen LogP contribution in [0.15, 0.2) is 54.3 Å². The predicted octanol–water partition coefficient (Wildman–Crippen LogP) is 4.54. The fraction of sp³-hybridized carbons (Fsp3) is 0.414. The number of rotatable bonds is 7. The Morgan fingerprint density at radius 1 is 1.06 bits per heavy atom. The standard InChI is InChI=1S/C29H34FN3O3/c1-4-35-16-15-32-11-13-33(14-12-32)19-20-5-7-21(8-6-20)24-18-26(36-29(24,2)3)27-23-17-22(30)9-10-25(23)31-28(27)34/h5-10,17-18H,4,11-16,19H2,1-3H3,(H,31,34)/b27-26+. The fourth-order valence-corrected chi connectivity index (χ4v) is 5.16. The van der Waals surface area contributed by atoms with Crippen molar-refractivity contribution in [2.45, 2.75) is 32.9 Å². The summed E-state index contributed by atoms with van der Waals surface area (Å²) in [6.07, 6.45) is 1.92. The van der Waals surface area contributed by atoms with Crippen molar-refractivity contribution in [2.24, 2.45) is 0 Å². The summed E-state index contributed by atoms with van der Waals surface area (Å²) in [6, 6.07) is 12.9. The predicted molar refractivity (Wildman–Crippen MR) is 140 cm³/mol. The first-order valence-corrected chi connectivity index (χ1v) is 12.7. The lowest BCUT2D eigenvalue weighted by Crippen LogP contribution is -2.46. The molecule has 7 heteroatoms. The van der Waals surface area contributed by atoms with E-state index in [0.29, 0.717) is 22.6 Å². The molecule has 3 heterocycles. The van der Waals surface area contributed by atoms with E-state index in [9.17, 15) is 9.18 Å². The van der Waals surface area contributed by atoms with Gasteiger partial charge in [0.25, 0.3) is 5.91 Å². The summed E-state index contributed by atoms with van der Waals surface area (Å²) < 4.78 is 25.6. The summed E-state index contributed by atoms with van der Waals surface area (Å²) in [5.74, 6) is -0.178. The van der Waals surface area contributed by atoms with Crippen molar-refractivity contribution >= 4 is 22.7 Å². The molecule has 0 aromatic heterocycles. The molecule has 3 aliphatic heterocycles. The Labute approximate surface area is 212 Å². The second-order valence-corrected chi connectivity index (χ2v) is 10.1. The average Bonchev–Trinajstić information content (AvgIpc) is 3.35. The Hall–Kier alpha value is -3.00. The number of ether oxygens (including phenoxy) is 2. The molecule has 0 radical (unpaired) electrons. The van der Waals surface area contributed by atoms with Crippen molar-refractivity contribution in [1.82, 2.24) is 9.80 Å². The molecule has 0 saturated carbocycles. The molecular formula is C29H34FN3O3. The molecule has 1 saturated heterocycles. The highest BCUT2D eigenvalue weighted by Gasteiger charge is 2.38. The molecule has 6 nitrogen and oxygen atoms in total. The first kappa shape index (κ1) is 24.7. The third kappa shape index (κ3) is 5.09. The van der Waals surface area contributed by atoms with Gasteiger partial charge in [0.05, 0.1) is 12.2 Å². The number of halogens is 1. The fourth-order valence-electron chi connectivity index (χ4n) is 5.16. The van der Waals surface area contributed by atoms with Crippen LogP contribution in [0, 0.1) is 5.82 Å². The van der Waals surface area contributed by atoms with Crippen LogP contribution in [-0.2, 0) is 20.8 Å². The highest BCUT2D eigenvalue weighted by Crippen LogP contribution is 2.44. The highest BCUT2D eigenvalue weighted by atomic mass is 19.1. The summed E-state index contributed by atoms with van der Waals surface area (Å²) in [7, 11) is 0. The van der Waals surface area contributed by atoms with Gasteiger partial charge in [-0.3, -0.25) is 14.6 Å². The lowest BCUT2D eigenvalue weighted by Gasteiger charge is -2.34. The van der Waals surface area contributed by atoms with Crippen molar-refractivity contribution in [1.29, 1.82) is 0 Å². The van der Waals surface area contributed by atoms with E-state index in [2.05, 4.69) is 39.4 Å². The zero-order chi connectivity index (χ0) is 25.3. The van der Waals surface area contributed by atoms with Gasteiger partial charge >= 0.3 is 0 Å². The van der Waals surface area contributed by atoms with Crippen molar-refractivity contribution in [3.05, 3.63) is 76.8 Å². The number of carbonyl (C=O) groups is 1. The maximum Gasteiger partial charge on any atom is 0.260 e. The van der Waals surface area contributed by atoms with Gasteiger partial charge in [-0.05, 0) is 56.2 Å². The van der Waals surface area contributed by atoms with Gasteiger partial charge in [0.2, 0.25) is 0 Å². The summed E-state index contributed by atoms with van der Waals surface area (Å²) >= 11 is 0. The number of anilines is 1. The van der Waals surface area contributed by atoms with Crippen molar-refractivity contribution in [3.8, 4) is 0 Å². The Morgan fingerprint density at radius 2 is 1.78 bits per heavy atom. The Kier molecular flexibility index (Phi) is 6.97. The second-order valence-electron chi connectivity index (χ2n) is 10.1. The second kappa shape index (κ2) is 10.2. The topological polar surface area (TPSA) is 54.0 Å². The molecule has 0 unspecified atom stereocenters. The van der Waals surface area contributed by atoms with E-state index < -0.39 is 5.60 Å². The van der Waals surface area contributed by atoms with E-state index in [1.165, 1.54) is 17.7 Å². The van der Waals surface area contributed by atoms with E-state index in [1.807, 2.05) is 26.8 Å². The molecule has 1 amide bonds. The van der Waals surface area contributed by atoms with Gasteiger partial charge in [0.1, 0.15) is 17.2 Å². The van der Waals surface area contributed by atoms with Gasteiger partial charge in [0, 0.05) is 62.7 Å². The van der Waals surface area contributed by atoms with Crippen molar-refractivity contribution < 1.29 is 18.7 Å². The molecule has 36 heavy (non-hydrogen) atoms. The molecule has 0 spiro atoms. The summed E-state index contributed by atoms with van der Waals surface area (Å²) in [5.41, 5.74) is 4.23. The number of hydrogen-bond acceptors (Lipinski definition) is 5. The largest absolute Gasteiger partial charge is 0.482 e. The molecule has 190 valence electrons. The molecule has 1 fully saturated rings. The third-order valence-corrected chi connectivity index (χ3v) is 7.15. The van der Waals surface area contributed by atoms with Gasteiger partial charge in [-0.25, -0.2) is 4.39 Å². The molecule has 0 bridgehead atoms. The molecule has 0 aliphatic carbocycles. The quantitative estimate of drug-likeness (QED) is 0.456. The maximum atomic E-state index is 13.9. The van der Waals surface area contributed by atoms with E-state index in [0.717, 1.165) is 63.6 Å². The molecule has 5 rings (SSSR count). The highest BCUT2D eigenvalue weighted by molar-refractivity contribution is 6.32. The number of nitrogens with zero attached hydrogens (tertiary/aromatic N) is 2. The van der Waals surface area contributed by atoms with Crippen LogP contribution >= 0.6 is 0 Å². The number of piperazine rings is 1. The molecule has 3 aliphatic rings. The van der Waals surface area contributed by atoms with Crippen LogP contribution in [0.3, 0.4) is 0 Å². The third-order valence-electron chi connectivity index (χ3n) is 7.15. The maximum absolute atomic E-state index is 13.9. The first-order valence-electron chi connectivity index (χ1n) is 12.7. The van der Waals surface area contributed by atoms with Crippen LogP contribution in [-0.4, -0.2) is 67.2 Å². The number of amides is 1. The van der Waals surface area contributed by atoms with E-state index in [4.69, 9.17) is 9.47 Å². The van der Waals surface area contributed by atoms with Crippen molar-refractivity contribution in [3.63, 3.8) is 0 Å². The molecule has 2 aromatic rings. The molecule has 2 aromatic carbocycles. The molecular weight excluding hydrogens is 457 g/mol. The van der Waals surface area contributed by atoms with Crippen LogP contribution in [0.4, 0.5) is 10.1 Å². The minimum atomic E-state index is -0.613. The Morgan fingerprint density at radius 3 is 2.50 bits per heavy atom. The zero-order valence-corrected chi connectivity index (χ0v) is 21.3. The SMILES string of the molecule is CCOCCN1CCN(Cc2ccc(C3=C/C(=C4\C(=O)Nc5ccc(F)cc54)OC3(C)C)cc2)CC1. The Bertz CT molecular complexity index is 1190. The summed E-state index contributed by atoms with van der Waals surface area (Å²) in [5, 5.41) is 2.81. The average molecular weight is 492 g/mol. The van der Waals surface area contributed by atoms with E-state index in [-0.39, 0.29) is 11.7 Å². The van der Waals surface area contributed by atoms with Crippen LogP contribution in [0.5, 0.6) is 0 Å². The van der Waals surface area contributed by atoms with E-state index >= 15 is 0 Å². The Balaban J connectivity index is 1.29. The van der Waals surface area contributed by atoms with Gasteiger partial charge in [-0.15, -0.1) is 0 Å². The monoisotopic (exact) mass is 491 g/mol. The number of allylic oxidation sites excluding steroid dienone is 1. The van der Waals surface area contributed by atoms with Crippen LogP contribution in [0.2, 0.25) is 0 Å².